The second-order valence-corrected chi connectivity index (χ2v) is 4.33. The van der Waals surface area contributed by atoms with E-state index in [9.17, 15) is 4.79 Å². The number of carboxylic acids is 1. The minimum absolute atomic E-state index is 0.103. The molecule has 1 N–H and O–H groups in total. The van der Waals surface area contributed by atoms with Crippen molar-refractivity contribution in [2.45, 2.75) is 13.5 Å². The number of aromatic carboxylic acids is 1. The number of pyridine rings is 1. The monoisotopic (exact) mass is 273 g/mol. The van der Waals surface area contributed by atoms with Crippen molar-refractivity contribution in [3.05, 3.63) is 53.3 Å². The lowest BCUT2D eigenvalue weighted by molar-refractivity contribution is 0.0691. The summed E-state index contributed by atoms with van der Waals surface area (Å²) in [7, 11) is 1.52. The topological polar surface area (TPSA) is 68.7 Å². The standard InChI is InChI=1S/C15H15NO4/c1-10-5-11(8-16-7-10)9-20-14-6-12(19-2)3-4-13(14)15(17)18/h3-8H,9H2,1-2H3,(H,17,18). The number of benzene rings is 1. The average molecular weight is 273 g/mol. The summed E-state index contributed by atoms with van der Waals surface area (Å²) in [5.74, 6) is -0.212. The quantitative estimate of drug-likeness (QED) is 0.907. The molecular formula is C15H15NO4. The van der Waals surface area contributed by atoms with Crippen LogP contribution in [0.1, 0.15) is 21.5 Å². The maximum atomic E-state index is 11.2. The van der Waals surface area contributed by atoms with Crippen LogP contribution in [0.5, 0.6) is 11.5 Å². The molecular weight excluding hydrogens is 258 g/mol. The predicted octanol–water partition coefficient (Wildman–Crippen LogP) is 2.68. The SMILES string of the molecule is COc1ccc(C(=O)O)c(OCc2cncc(C)c2)c1. The van der Waals surface area contributed by atoms with Gasteiger partial charge in [-0.2, -0.15) is 0 Å². The highest BCUT2D eigenvalue weighted by molar-refractivity contribution is 5.91. The van der Waals surface area contributed by atoms with Gasteiger partial charge in [0.15, 0.2) is 0 Å². The Morgan fingerprint density at radius 1 is 1.30 bits per heavy atom. The summed E-state index contributed by atoms with van der Waals surface area (Å²) in [5.41, 5.74) is 2.01. The normalized spacial score (nSPS) is 10.1. The molecule has 0 saturated carbocycles. The van der Waals surface area contributed by atoms with Crippen LogP contribution in [-0.2, 0) is 6.61 Å². The fraction of sp³-hybridized carbons (Fsp3) is 0.200. The molecule has 0 bridgehead atoms. The summed E-state index contributed by atoms with van der Waals surface area (Å²) < 4.78 is 10.7. The van der Waals surface area contributed by atoms with Crippen molar-refractivity contribution in [3.63, 3.8) is 0 Å². The number of methoxy groups -OCH3 is 1. The van der Waals surface area contributed by atoms with Gasteiger partial charge in [0.2, 0.25) is 0 Å². The van der Waals surface area contributed by atoms with Crippen LogP contribution >= 0.6 is 0 Å². The molecule has 0 saturated heterocycles. The van der Waals surface area contributed by atoms with E-state index in [1.54, 1.807) is 24.5 Å². The Morgan fingerprint density at radius 3 is 2.75 bits per heavy atom. The number of hydrogen-bond donors (Lipinski definition) is 1. The van der Waals surface area contributed by atoms with Crippen molar-refractivity contribution in [2.75, 3.05) is 7.11 Å². The van der Waals surface area contributed by atoms with Crippen LogP contribution in [0.15, 0.2) is 36.7 Å². The van der Waals surface area contributed by atoms with Gasteiger partial charge in [-0.25, -0.2) is 4.79 Å². The fourth-order valence-electron chi connectivity index (χ4n) is 1.78. The minimum atomic E-state index is -1.04. The molecule has 2 aromatic rings. The summed E-state index contributed by atoms with van der Waals surface area (Å²) in [6, 6.07) is 6.55. The van der Waals surface area contributed by atoms with Crippen LogP contribution in [0.4, 0.5) is 0 Å². The molecule has 0 amide bonds. The van der Waals surface area contributed by atoms with Crippen LogP contribution in [0, 0.1) is 6.92 Å². The second-order valence-electron chi connectivity index (χ2n) is 4.33. The van der Waals surface area contributed by atoms with Crippen LogP contribution in [0.2, 0.25) is 0 Å². The van der Waals surface area contributed by atoms with Crippen LogP contribution in [0.25, 0.3) is 0 Å². The zero-order valence-electron chi connectivity index (χ0n) is 11.3. The summed E-state index contributed by atoms with van der Waals surface area (Å²) in [6.07, 6.45) is 3.44. The fourth-order valence-corrected chi connectivity index (χ4v) is 1.78. The van der Waals surface area contributed by atoms with E-state index in [0.717, 1.165) is 11.1 Å². The largest absolute Gasteiger partial charge is 0.497 e. The lowest BCUT2D eigenvalue weighted by Gasteiger charge is -2.11. The Bertz CT molecular complexity index is 625. The first-order chi connectivity index (χ1) is 9.60. The summed E-state index contributed by atoms with van der Waals surface area (Å²) in [6.45, 7) is 2.19. The predicted molar refractivity (Wildman–Crippen MR) is 73.3 cm³/mol. The molecule has 0 spiro atoms. The number of aromatic nitrogens is 1. The van der Waals surface area contributed by atoms with Crippen molar-refractivity contribution in [1.82, 2.24) is 4.98 Å². The molecule has 2 rings (SSSR count). The lowest BCUT2D eigenvalue weighted by atomic mass is 10.2. The third kappa shape index (κ3) is 3.26. The first-order valence-electron chi connectivity index (χ1n) is 6.05. The number of hydrogen-bond acceptors (Lipinski definition) is 4. The molecule has 5 nitrogen and oxygen atoms in total. The number of rotatable bonds is 5. The Labute approximate surface area is 116 Å². The highest BCUT2D eigenvalue weighted by Gasteiger charge is 2.12. The van der Waals surface area contributed by atoms with Gasteiger partial charge in [-0.05, 0) is 30.7 Å². The number of ether oxygens (including phenoxy) is 2. The molecule has 1 aromatic heterocycles. The van der Waals surface area contributed by atoms with Gasteiger partial charge in [0, 0.05) is 24.0 Å². The molecule has 0 atom stereocenters. The van der Waals surface area contributed by atoms with Crippen molar-refractivity contribution >= 4 is 5.97 Å². The third-order valence-electron chi connectivity index (χ3n) is 2.75. The number of aryl methyl sites for hydroxylation is 1. The van der Waals surface area contributed by atoms with Crippen LogP contribution < -0.4 is 9.47 Å². The minimum Gasteiger partial charge on any atom is -0.497 e. The van der Waals surface area contributed by atoms with Crippen molar-refractivity contribution in [1.29, 1.82) is 0 Å². The molecule has 0 aliphatic carbocycles. The molecule has 1 aromatic carbocycles. The van der Waals surface area contributed by atoms with Crippen molar-refractivity contribution in [3.8, 4) is 11.5 Å². The average Bonchev–Trinajstić information content (AvgIpc) is 2.44. The van der Waals surface area contributed by atoms with Gasteiger partial charge >= 0.3 is 5.97 Å². The van der Waals surface area contributed by atoms with Gasteiger partial charge in [0.25, 0.3) is 0 Å². The van der Waals surface area contributed by atoms with E-state index in [0.29, 0.717) is 5.75 Å². The van der Waals surface area contributed by atoms with E-state index in [1.807, 2.05) is 13.0 Å². The molecule has 0 radical (unpaired) electrons. The Balaban J connectivity index is 2.21. The highest BCUT2D eigenvalue weighted by Crippen LogP contribution is 2.25. The van der Waals surface area contributed by atoms with Gasteiger partial charge in [0.1, 0.15) is 23.7 Å². The molecule has 104 valence electrons. The van der Waals surface area contributed by atoms with Crippen LogP contribution in [0.3, 0.4) is 0 Å². The van der Waals surface area contributed by atoms with Gasteiger partial charge in [-0.1, -0.05) is 0 Å². The molecule has 5 heteroatoms. The van der Waals surface area contributed by atoms with E-state index in [1.165, 1.54) is 13.2 Å². The summed E-state index contributed by atoms with van der Waals surface area (Å²) >= 11 is 0. The van der Waals surface area contributed by atoms with E-state index >= 15 is 0 Å². The van der Waals surface area contributed by atoms with E-state index in [4.69, 9.17) is 14.6 Å². The Hall–Kier alpha value is -2.56. The second kappa shape index (κ2) is 6.06. The Kier molecular flexibility index (Phi) is 4.20. The summed E-state index contributed by atoms with van der Waals surface area (Å²) in [4.78, 5) is 15.2. The first kappa shape index (κ1) is 13.9. The van der Waals surface area contributed by atoms with Crippen molar-refractivity contribution < 1.29 is 19.4 Å². The highest BCUT2D eigenvalue weighted by atomic mass is 16.5. The Morgan fingerprint density at radius 2 is 2.10 bits per heavy atom. The van der Waals surface area contributed by atoms with Gasteiger partial charge in [0.05, 0.1) is 7.11 Å². The molecule has 0 aliphatic rings. The summed E-state index contributed by atoms with van der Waals surface area (Å²) in [5, 5.41) is 9.14. The van der Waals surface area contributed by atoms with Crippen LogP contribution in [-0.4, -0.2) is 23.2 Å². The zero-order chi connectivity index (χ0) is 14.5. The molecule has 0 aliphatic heterocycles. The number of carboxylic acid groups (broad SMARTS) is 1. The number of nitrogens with zero attached hydrogens (tertiary/aromatic N) is 1. The first-order valence-corrected chi connectivity index (χ1v) is 6.05. The molecule has 1 heterocycles. The van der Waals surface area contributed by atoms with Gasteiger partial charge < -0.3 is 14.6 Å². The van der Waals surface area contributed by atoms with Gasteiger partial charge in [-0.15, -0.1) is 0 Å². The van der Waals surface area contributed by atoms with E-state index in [-0.39, 0.29) is 17.9 Å². The zero-order valence-corrected chi connectivity index (χ0v) is 11.3. The smallest absolute Gasteiger partial charge is 0.339 e. The maximum absolute atomic E-state index is 11.2. The molecule has 0 fully saturated rings. The van der Waals surface area contributed by atoms with Crippen molar-refractivity contribution in [2.24, 2.45) is 0 Å². The van der Waals surface area contributed by atoms with E-state index < -0.39 is 5.97 Å². The number of carbonyl (C=O) groups is 1. The van der Waals surface area contributed by atoms with Gasteiger partial charge in [-0.3, -0.25) is 4.98 Å². The maximum Gasteiger partial charge on any atom is 0.339 e. The molecule has 0 unspecified atom stereocenters. The lowest BCUT2D eigenvalue weighted by Crippen LogP contribution is -2.04. The van der Waals surface area contributed by atoms with E-state index in [2.05, 4.69) is 4.98 Å². The molecule has 20 heavy (non-hydrogen) atoms. The third-order valence-corrected chi connectivity index (χ3v) is 2.75.